The first-order chi connectivity index (χ1) is 15.2. The van der Waals surface area contributed by atoms with Crippen LogP contribution in [0.4, 0.5) is 5.69 Å². The first kappa shape index (κ1) is 20.2. The highest BCUT2D eigenvalue weighted by Crippen LogP contribution is 2.38. The van der Waals surface area contributed by atoms with Gasteiger partial charge in [-0.2, -0.15) is 0 Å². The number of benzene rings is 2. The molecule has 0 spiro atoms. The van der Waals surface area contributed by atoms with E-state index < -0.39 is 6.10 Å². The van der Waals surface area contributed by atoms with Crippen LogP contribution in [-0.4, -0.2) is 61.3 Å². The van der Waals surface area contributed by atoms with Crippen LogP contribution >= 0.6 is 11.3 Å². The van der Waals surface area contributed by atoms with E-state index in [0.29, 0.717) is 6.54 Å². The summed E-state index contributed by atoms with van der Waals surface area (Å²) in [5.41, 5.74) is 3.82. The Morgan fingerprint density at radius 1 is 1.06 bits per heavy atom. The molecule has 2 aliphatic rings. The van der Waals surface area contributed by atoms with E-state index in [2.05, 4.69) is 22.4 Å². The van der Waals surface area contributed by atoms with Crippen molar-refractivity contribution in [3.05, 3.63) is 53.9 Å². The largest absolute Gasteiger partial charge is 0.479 e. The third-order valence-corrected chi connectivity index (χ3v) is 6.62. The van der Waals surface area contributed by atoms with Crippen molar-refractivity contribution in [3.8, 4) is 27.6 Å². The van der Waals surface area contributed by atoms with E-state index in [0.717, 1.165) is 66.1 Å². The zero-order valence-electron chi connectivity index (χ0n) is 17.5. The Hall–Kier alpha value is -2.74. The number of rotatable bonds is 5. The molecule has 0 saturated carbocycles. The second-order valence-electron chi connectivity index (χ2n) is 7.79. The van der Waals surface area contributed by atoms with Gasteiger partial charge >= 0.3 is 0 Å². The van der Waals surface area contributed by atoms with Crippen LogP contribution in [0.3, 0.4) is 0 Å². The summed E-state index contributed by atoms with van der Waals surface area (Å²) in [5, 5.41) is 3.05. The number of carbonyl (C=O) groups excluding carboxylic acids is 1. The topological polar surface area (TPSA) is 54.9 Å². The predicted molar refractivity (Wildman–Crippen MR) is 123 cm³/mol. The van der Waals surface area contributed by atoms with Crippen molar-refractivity contribution in [2.45, 2.75) is 13.0 Å². The van der Waals surface area contributed by atoms with Gasteiger partial charge in [-0.3, -0.25) is 9.69 Å². The molecule has 1 unspecified atom stereocenters. The summed E-state index contributed by atoms with van der Waals surface area (Å²) in [6.45, 7) is 6.58. The van der Waals surface area contributed by atoms with Gasteiger partial charge in [0, 0.05) is 42.7 Å². The molecule has 2 aliphatic heterocycles. The van der Waals surface area contributed by atoms with E-state index in [1.165, 1.54) is 0 Å². The molecule has 5 rings (SSSR count). The maximum absolute atomic E-state index is 12.9. The fourth-order valence-corrected chi connectivity index (χ4v) is 4.82. The van der Waals surface area contributed by atoms with Crippen LogP contribution in [0.5, 0.6) is 5.75 Å². The molecule has 160 valence electrons. The Kier molecular flexibility index (Phi) is 5.72. The number of aromatic nitrogens is 1. The third-order valence-electron chi connectivity index (χ3n) is 5.73. The third kappa shape index (κ3) is 4.21. The first-order valence-corrected chi connectivity index (χ1v) is 11.5. The molecule has 0 aliphatic carbocycles. The summed E-state index contributed by atoms with van der Waals surface area (Å²) in [6.07, 6.45) is -0.480. The SMILES string of the molecule is CC1Oc2ccc(-c3csc(-c4ccccc4)n3)cc2N(CCN2CCOCC2)C1=O. The Bertz CT molecular complexity index is 1060. The Balaban J connectivity index is 1.42. The lowest BCUT2D eigenvalue weighted by Gasteiger charge is -2.35. The summed E-state index contributed by atoms with van der Waals surface area (Å²) >= 11 is 1.62. The molecule has 6 nitrogen and oxygen atoms in total. The van der Waals surface area contributed by atoms with E-state index in [4.69, 9.17) is 14.5 Å². The predicted octanol–water partition coefficient (Wildman–Crippen LogP) is 3.92. The molecule has 2 aromatic carbocycles. The smallest absolute Gasteiger partial charge is 0.267 e. The minimum Gasteiger partial charge on any atom is -0.479 e. The lowest BCUT2D eigenvalue weighted by molar-refractivity contribution is -0.125. The van der Waals surface area contributed by atoms with Gasteiger partial charge in [0.25, 0.3) is 5.91 Å². The molecule has 1 atom stereocenters. The molecule has 0 radical (unpaired) electrons. The van der Waals surface area contributed by atoms with E-state index in [1.807, 2.05) is 48.2 Å². The van der Waals surface area contributed by atoms with Gasteiger partial charge in [-0.25, -0.2) is 4.98 Å². The number of nitrogens with zero attached hydrogens (tertiary/aromatic N) is 3. The lowest BCUT2D eigenvalue weighted by atomic mass is 10.1. The van der Waals surface area contributed by atoms with Crippen molar-refractivity contribution in [2.75, 3.05) is 44.3 Å². The van der Waals surface area contributed by atoms with E-state index in [9.17, 15) is 4.79 Å². The number of amides is 1. The molecule has 31 heavy (non-hydrogen) atoms. The standard InChI is InChI=1S/C24H25N3O3S/c1-17-24(28)27(10-9-26-11-13-29-14-12-26)21-15-19(7-8-22(21)30-17)20-16-31-23(25-20)18-5-3-2-4-6-18/h2-8,15-17H,9-14H2,1H3. The molecule has 1 aromatic heterocycles. The van der Waals surface area contributed by atoms with Crippen molar-refractivity contribution >= 4 is 22.9 Å². The average molecular weight is 436 g/mol. The zero-order chi connectivity index (χ0) is 21.2. The molecule has 1 amide bonds. The monoisotopic (exact) mass is 435 g/mol. The molecule has 1 fully saturated rings. The zero-order valence-corrected chi connectivity index (χ0v) is 18.3. The lowest BCUT2D eigenvalue weighted by Crippen LogP contribution is -2.48. The van der Waals surface area contributed by atoms with Gasteiger partial charge in [-0.1, -0.05) is 30.3 Å². The minimum absolute atomic E-state index is 0.00108. The highest BCUT2D eigenvalue weighted by molar-refractivity contribution is 7.13. The molecule has 7 heteroatoms. The Labute approximate surface area is 186 Å². The molecule has 1 saturated heterocycles. The fourth-order valence-electron chi connectivity index (χ4n) is 3.98. The summed E-state index contributed by atoms with van der Waals surface area (Å²) < 4.78 is 11.3. The molecule has 0 N–H and O–H groups in total. The van der Waals surface area contributed by atoms with Gasteiger partial charge in [0.2, 0.25) is 0 Å². The van der Waals surface area contributed by atoms with Crippen LogP contribution in [0.2, 0.25) is 0 Å². The quantitative estimate of drug-likeness (QED) is 0.608. The first-order valence-electron chi connectivity index (χ1n) is 10.6. The number of carbonyl (C=O) groups is 1. The van der Waals surface area contributed by atoms with Crippen molar-refractivity contribution < 1.29 is 14.3 Å². The summed E-state index contributed by atoms with van der Waals surface area (Å²) in [5.74, 6) is 0.748. The highest BCUT2D eigenvalue weighted by atomic mass is 32.1. The van der Waals surface area contributed by atoms with E-state index in [1.54, 1.807) is 11.3 Å². The molecule has 3 aromatic rings. The summed E-state index contributed by atoms with van der Waals surface area (Å²) in [7, 11) is 0. The van der Waals surface area contributed by atoms with Gasteiger partial charge < -0.3 is 14.4 Å². The fraction of sp³-hybridized carbons (Fsp3) is 0.333. The van der Waals surface area contributed by atoms with Crippen molar-refractivity contribution in [1.29, 1.82) is 0 Å². The van der Waals surface area contributed by atoms with Crippen LogP contribution in [0.1, 0.15) is 6.92 Å². The maximum Gasteiger partial charge on any atom is 0.267 e. The second kappa shape index (κ2) is 8.78. The van der Waals surface area contributed by atoms with Crippen LogP contribution in [0, 0.1) is 0 Å². The van der Waals surface area contributed by atoms with Crippen molar-refractivity contribution in [3.63, 3.8) is 0 Å². The number of hydrogen-bond donors (Lipinski definition) is 0. The number of ether oxygens (including phenoxy) is 2. The van der Waals surface area contributed by atoms with Gasteiger partial charge in [0.1, 0.15) is 10.8 Å². The summed E-state index contributed by atoms with van der Waals surface area (Å²) in [6, 6.07) is 16.2. The van der Waals surface area contributed by atoms with Crippen molar-refractivity contribution in [2.24, 2.45) is 0 Å². The molecular formula is C24H25N3O3S. The average Bonchev–Trinajstić information content (AvgIpc) is 3.31. The van der Waals surface area contributed by atoms with E-state index in [-0.39, 0.29) is 5.91 Å². The minimum atomic E-state index is -0.480. The van der Waals surface area contributed by atoms with Crippen LogP contribution < -0.4 is 9.64 Å². The summed E-state index contributed by atoms with van der Waals surface area (Å²) in [4.78, 5) is 22.0. The number of hydrogen-bond acceptors (Lipinski definition) is 6. The molecular weight excluding hydrogens is 410 g/mol. The van der Waals surface area contributed by atoms with Gasteiger partial charge in [-0.15, -0.1) is 11.3 Å². The highest BCUT2D eigenvalue weighted by Gasteiger charge is 2.32. The van der Waals surface area contributed by atoms with Gasteiger partial charge in [0.05, 0.1) is 24.6 Å². The van der Waals surface area contributed by atoms with Crippen LogP contribution in [0.15, 0.2) is 53.9 Å². The van der Waals surface area contributed by atoms with Crippen LogP contribution in [0.25, 0.3) is 21.8 Å². The Morgan fingerprint density at radius 3 is 2.68 bits per heavy atom. The Morgan fingerprint density at radius 2 is 1.87 bits per heavy atom. The van der Waals surface area contributed by atoms with Gasteiger partial charge in [-0.05, 0) is 25.1 Å². The number of fused-ring (bicyclic) bond motifs is 1. The number of anilines is 1. The maximum atomic E-state index is 12.9. The van der Waals surface area contributed by atoms with Crippen LogP contribution in [-0.2, 0) is 9.53 Å². The van der Waals surface area contributed by atoms with Gasteiger partial charge in [0.15, 0.2) is 6.10 Å². The second-order valence-corrected chi connectivity index (χ2v) is 8.65. The molecule has 0 bridgehead atoms. The number of thiazole rings is 1. The molecule has 3 heterocycles. The number of morpholine rings is 1. The van der Waals surface area contributed by atoms with Crippen molar-refractivity contribution in [1.82, 2.24) is 9.88 Å². The van der Waals surface area contributed by atoms with E-state index >= 15 is 0 Å². The normalized spacial score (nSPS) is 19.2.